The molecule has 0 amide bonds. The number of thiazole rings is 1. The first-order chi connectivity index (χ1) is 9.15. The highest BCUT2D eigenvalue weighted by Crippen LogP contribution is 2.26. The maximum absolute atomic E-state index is 11.1. The Labute approximate surface area is 119 Å². The van der Waals surface area contributed by atoms with Gasteiger partial charge in [0.1, 0.15) is 0 Å². The molecule has 0 spiro atoms. The number of carbonyl (C=O) groups excluding carboxylic acids is 1. The monoisotopic (exact) mass is 281 g/mol. The second-order valence-corrected chi connectivity index (χ2v) is 6.34. The zero-order chi connectivity index (χ0) is 13.8. The summed E-state index contributed by atoms with van der Waals surface area (Å²) in [5.74, 6) is 0. The summed E-state index contributed by atoms with van der Waals surface area (Å²) in [4.78, 5) is 21.1. The van der Waals surface area contributed by atoms with Crippen LogP contribution in [0.15, 0.2) is 0 Å². The van der Waals surface area contributed by atoms with Crippen LogP contribution in [0.25, 0.3) is 0 Å². The third-order valence-electron chi connectivity index (χ3n) is 3.79. The number of anilines is 1. The maximum Gasteiger partial charge on any atom is 0.186 e. The molecule has 106 valence electrons. The van der Waals surface area contributed by atoms with Gasteiger partial charge in [-0.15, -0.1) is 0 Å². The lowest BCUT2D eigenvalue weighted by molar-refractivity contribution is 0.112. The summed E-state index contributed by atoms with van der Waals surface area (Å²) in [6.45, 7) is 4.30. The predicted molar refractivity (Wildman–Crippen MR) is 80.4 cm³/mol. The maximum atomic E-state index is 11.1. The van der Waals surface area contributed by atoms with Crippen LogP contribution in [-0.4, -0.2) is 49.4 Å². The molecule has 4 nitrogen and oxygen atoms in total. The molecule has 0 aromatic carbocycles. The molecule has 2 heterocycles. The Kier molecular flexibility index (Phi) is 4.93. The van der Waals surface area contributed by atoms with Gasteiger partial charge < -0.3 is 9.80 Å². The summed E-state index contributed by atoms with van der Waals surface area (Å²) in [5, 5.41) is 0.978. The predicted octanol–water partition coefficient (Wildman–Crippen LogP) is 2.44. The van der Waals surface area contributed by atoms with Crippen molar-refractivity contribution in [2.45, 2.75) is 38.6 Å². The van der Waals surface area contributed by atoms with E-state index in [1.165, 1.54) is 30.7 Å². The summed E-state index contributed by atoms with van der Waals surface area (Å²) in [7, 11) is 4.27. The lowest BCUT2D eigenvalue weighted by atomic mass is 10.2. The number of hydrogen-bond donors (Lipinski definition) is 0. The van der Waals surface area contributed by atoms with E-state index in [-0.39, 0.29) is 0 Å². The van der Waals surface area contributed by atoms with Gasteiger partial charge in [0, 0.05) is 19.6 Å². The molecule has 0 radical (unpaired) electrons. The van der Waals surface area contributed by atoms with Crippen molar-refractivity contribution in [3.8, 4) is 0 Å². The van der Waals surface area contributed by atoms with Crippen molar-refractivity contribution in [2.75, 3.05) is 32.1 Å². The van der Waals surface area contributed by atoms with Gasteiger partial charge in [-0.2, -0.15) is 0 Å². The van der Waals surface area contributed by atoms with E-state index in [9.17, 15) is 4.79 Å². The van der Waals surface area contributed by atoms with E-state index < -0.39 is 0 Å². The Bertz CT molecular complexity index is 432. The number of carbonyl (C=O) groups is 1. The van der Waals surface area contributed by atoms with Gasteiger partial charge in [0.25, 0.3) is 0 Å². The lowest BCUT2D eigenvalue weighted by Crippen LogP contribution is -2.36. The molecule has 0 bridgehead atoms. The van der Waals surface area contributed by atoms with Gasteiger partial charge in [0.2, 0.25) is 0 Å². The van der Waals surface area contributed by atoms with E-state index in [2.05, 4.69) is 35.8 Å². The summed E-state index contributed by atoms with van der Waals surface area (Å²) in [6, 6.07) is 0.614. The Morgan fingerprint density at radius 2 is 2.37 bits per heavy atom. The molecule has 1 atom stereocenters. The Morgan fingerprint density at radius 3 is 2.95 bits per heavy atom. The van der Waals surface area contributed by atoms with E-state index in [1.54, 1.807) is 0 Å². The van der Waals surface area contributed by atoms with Crippen molar-refractivity contribution >= 4 is 22.8 Å². The summed E-state index contributed by atoms with van der Waals surface area (Å²) >= 11 is 1.52. The van der Waals surface area contributed by atoms with Crippen molar-refractivity contribution < 1.29 is 4.79 Å². The standard InChI is InChI=1S/C14H23N3OS/c1-4-6-12-13(10-18)19-14(15-12)17(3)9-11-7-5-8-16(11)2/h10-11H,4-9H2,1-3H3. The Hall–Kier alpha value is -0.940. The molecule has 0 N–H and O–H groups in total. The SMILES string of the molecule is CCCc1nc(N(C)CC2CCCN2C)sc1C=O. The van der Waals surface area contributed by atoms with Gasteiger partial charge in [-0.25, -0.2) is 4.98 Å². The number of nitrogens with zero attached hydrogens (tertiary/aromatic N) is 3. The first-order valence-corrected chi connectivity index (χ1v) is 7.83. The van der Waals surface area contributed by atoms with E-state index in [4.69, 9.17) is 0 Å². The number of aryl methyl sites for hydroxylation is 1. The van der Waals surface area contributed by atoms with Crippen molar-refractivity contribution in [3.63, 3.8) is 0 Å². The largest absolute Gasteiger partial charge is 0.350 e. The molecule has 5 heteroatoms. The van der Waals surface area contributed by atoms with Crippen LogP contribution in [0.2, 0.25) is 0 Å². The second-order valence-electron chi connectivity index (χ2n) is 5.33. The van der Waals surface area contributed by atoms with E-state index in [0.29, 0.717) is 6.04 Å². The van der Waals surface area contributed by atoms with Gasteiger partial charge in [-0.3, -0.25) is 4.79 Å². The minimum Gasteiger partial charge on any atom is -0.350 e. The molecular weight excluding hydrogens is 258 g/mol. The molecular formula is C14H23N3OS. The van der Waals surface area contributed by atoms with Crippen molar-refractivity contribution in [3.05, 3.63) is 10.6 Å². The third-order valence-corrected chi connectivity index (χ3v) is 4.93. The number of likely N-dealkylation sites (tertiary alicyclic amines) is 1. The fourth-order valence-corrected chi connectivity index (χ4v) is 3.52. The quantitative estimate of drug-likeness (QED) is 0.750. The zero-order valence-electron chi connectivity index (χ0n) is 12.1. The van der Waals surface area contributed by atoms with Gasteiger partial charge in [0.05, 0.1) is 10.6 Å². The van der Waals surface area contributed by atoms with Crippen LogP contribution in [0.5, 0.6) is 0 Å². The van der Waals surface area contributed by atoms with Gasteiger partial charge in [-0.1, -0.05) is 24.7 Å². The average Bonchev–Trinajstić information content (AvgIpc) is 2.97. The van der Waals surface area contributed by atoms with Gasteiger partial charge in [-0.05, 0) is 32.9 Å². The molecule has 19 heavy (non-hydrogen) atoms. The third kappa shape index (κ3) is 3.34. The molecule has 0 aliphatic carbocycles. The van der Waals surface area contributed by atoms with E-state index in [0.717, 1.165) is 41.4 Å². The minimum absolute atomic E-state index is 0.614. The summed E-state index contributed by atoms with van der Waals surface area (Å²) in [5.41, 5.74) is 0.962. The Balaban J connectivity index is 2.05. The summed E-state index contributed by atoms with van der Waals surface area (Å²) < 4.78 is 0. The second kappa shape index (κ2) is 6.48. The normalized spacial score (nSPS) is 19.8. The highest BCUT2D eigenvalue weighted by Gasteiger charge is 2.23. The molecule has 1 unspecified atom stereocenters. The van der Waals surface area contributed by atoms with Crippen LogP contribution in [0.4, 0.5) is 5.13 Å². The smallest absolute Gasteiger partial charge is 0.186 e. The highest BCUT2D eigenvalue weighted by atomic mass is 32.1. The van der Waals surface area contributed by atoms with E-state index >= 15 is 0 Å². The fourth-order valence-electron chi connectivity index (χ4n) is 2.63. The summed E-state index contributed by atoms with van der Waals surface area (Å²) in [6.07, 6.45) is 5.41. The van der Waals surface area contributed by atoms with Crippen LogP contribution >= 0.6 is 11.3 Å². The van der Waals surface area contributed by atoms with E-state index in [1.807, 2.05) is 0 Å². The number of likely N-dealkylation sites (N-methyl/N-ethyl adjacent to an activating group) is 2. The van der Waals surface area contributed by atoms with Crippen molar-refractivity contribution in [2.24, 2.45) is 0 Å². The van der Waals surface area contributed by atoms with Crippen LogP contribution in [0.1, 0.15) is 41.6 Å². The lowest BCUT2D eigenvalue weighted by Gasteiger charge is -2.25. The number of aldehydes is 1. The van der Waals surface area contributed by atoms with Crippen LogP contribution in [0, 0.1) is 0 Å². The minimum atomic E-state index is 0.614. The van der Waals surface area contributed by atoms with Gasteiger partial charge >= 0.3 is 0 Å². The van der Waals surface area contributed by atoms with Crippen LogP contribution < -0.4 is 4.90 Å². The Morgan fingerprint density at radius 1 is 1.58 bits per heavy atom. The molecule has 2 rings (SSSR count). The first-order valence-electron chi connectivity index (χ1n) is 7.02. The number of rotatable bonds is 6. The van der Waals surface area contributed by atoms with Crippen LogP contribution in [-0.2, 0) is 6.42 Å². The molecule has 1 aliphatic heterocycles. The molecule has 1 saturated heterocycles. The molecule has 1 fully saturated rings. The topological polar surface area (TPSA) is 36.4 Å². The average molecular weight is 281 g/mol. The van der Waals surface area contributed by atoms with Crippen LogP contribution in [0.3, 0.4) is 0 Å². The van der Waals surface area contributed by atoms with Gasteiger partial charge in [0.15, 0.2) is 11.4 Å². The molecule has 1 aromatic rings. The van der Waals surface area contributed by atoms with Crippen molar-refractivity contribution in [1.29, 1.82) is 0 Å². The first kappa shape index (κ1) is 14.5. The molecule has 1 aromatic heterocycles. The molecule has 0 saturated carbocycles. The highest BCUT2D eigenvalue weighted by molar-refractivity contribution is 7.17. The number of hydrogen-bond acceptors (Lipinski definition) is 5. The molecule has 1 aliphatic rings. The van der Waals surface area contributed by atoms with Crippen molar-refractivity contribution in [1.82, 2.24) is 9.88 Å². The fraction of sp³-hybridized carbons (Fsp3) is 0.714. The zero-order valence-corrected chi connectivity index (χ0v) is 12.9. The number of aromatic nitrogens is 1.